The Morgan fingerprint density at radius 2 is 1.81 bits per heavy atom. The lowest BCUT2D eigenvalue weighted by Crippen LogP contribution is -2.32. The van der Waals surface area contributed by atoms with Crippen molar-refractivity contribution in [1.29, 1.82) is 0 Å². The van der Waals surface area contributed by atoms with Crippen molar-refractivity contribution < 1.29 is 4.79 Å². The molecule has 0 radical (unpaired) electrons. The molecule has 2 rings (SSSR count). The van der Waals surface area contributed by atoms with Gasteiger partial charge in [0, 0.05) is 12.1 Å². The number of hydrogen-bond donors (Lipinski definition) is 2. The van der Waals surface area contributed by atoms with E-state index in [4.69, 9.17) is 0 Å². The van der Waals surface area contributed by atoms with Gasteiger partial charge in [0.15, 0.2) is 0 Å². The molecule has 116 valence electrons. The van der Waals surface area contributed by atoms with E-state index in [1.165, 1.54) is 18.4 Å². The minimum absolute atomic E-state index is 0.149. The minimum atomic E-state index is 0.149. The molecule has 1 aromatic carbocycles. The number of aryl methyl sites for hydroxylation is 3. The smallest absolute Gasteiger partial charge is 0.224 e. The van der Waals surface area contributed by atoms with Gasteiger partial charge in [0.25, 0.3) is 0 Å². The van der Waals surface area contributed by atoms with E-state index in [0.29, 0.717) is 18.3 Å². The number of carbonyl (C=O) groups is 1. The van der Waals surface area contributed by atoms with E-state index in [2.05, 4.69) is 50.5 Å². The summed E-state index contributed by atoms with van der Waals surface area (Å²) in [6, 6.07) is 4.25. The normalized spacial score (nSPS) is 17.5. The van der Waals surface area contributed by atoms with Crippen molar-refractivity contribution in [1.82, 2.24) is 5.32 Å². The van der Waals surface area contributed by atoms with Crippen LogP contribution in [-0.4, -0.2) is 19.0 Å². The molecule has 0 aliphatic carbocycles. The molecule has 1 aliphatic heterocycles. The molecule has 1 amide bonds. The Labute approximate surface area is 128 Å². The molecule has 3 nitrogen and oxygen atoms in total. The van der Waals surface area contributed by atoms with Gasteiger partial charge in [0.05, 0.1) is 0 Å². The highest BCUT2D eigenvalue weighted by molar-refractivity contribution is 5.92. The monoisotopic (exact) mass is 288 g/mol. The predicted octanol–water partition coefficient (Wildman–Crippen LogP) is 3.58. The zero-order chi connectivity index (χ0) is 15.4. The number of anilines is 1. The van der Waals surface area contributed by atoms with Crippen LogP contribution in [0, 0.1) is 32.6 Å². The molecular weight excluding hydrogens is 260 g/mol. The van der Waals surface area contributed by atoms with Crippen LogP contribution in [0.5, 0.6) is 0 Å². The number of benzene rings is 1. The van der Waals surface area contributed by atoms with E-state index in [9.17, 15) is 4.79 Å². The molecule has 1 atom stereocenters. The summed E-state index contributed by atoms with van der Waals surface area (Å²) in [5, 5.41) is 6.50. The fourth-order valence-electron chi connectivity index (χ4n) is 3.44. The van der Waals surface area contributed by atoms with Gasteiger partial charge in [-0.2, -0.15) is 0 Å². The van der Waals surface area contributed by atoms with Crippen LogP contribution in [0.15, 0.2) is 12.1 Å². The molecule has 0 aromatic heterocycles. The quantitative estimate of drug-likeness (QED) is 0.889. The summed E-state index contributed by atoms with van der Waals surface area (Å²) < 4.78 is 0. The van der Waals surface area contributed by atoms with Crippen LogP contribution in [0.25, 0.3) is 0 Å². The van der Waals surface area contributed by atoms with Crippen LogP contribution in [0.1, 0.15) is 42.9 Å². The van der Waals surface area contributed by atoms with Crippen LogP contribution >= 0.6 is 0 Å². The topological polar surface area (TPSA) is 41.1 Å². The molecule has 1 fully saturated rings. The fraction of sp³-hybridized carbons (Fsp3) is 0.611. The zero-order valence-corrected chi connectivity index (χ0v) is 13.8. The van der Waals surface area contributed by atoms with Crippen molar-refractivity contribution in [2.45, 2.75) is 47.0 Å². The Hall–Kier alpha value is -1.35. The van der Waals surface area contributed by atoms with Gasteiger partial charge in [0.1, 0.15) is 0 Å². The zero-order valence-electron chi connectivity index (χ0n) is 13.8. The van der Waals surface area contributed by atoms with Gasteiger partial charge in [-0.15, -0.1) is 0 Å². The van der Waals surface area contributed by atoms with Crippen LogP contribution in [0.2, 0.25) is 0 Å². The standard InChI is InChI=1S/C18H28N2O/c1-12-9-14(3)18(15(4)10-12)20-17(21)11-13(2)16-5-7-19-8-6-16/h9-10,13,16,19H,5-8,11H2,1-4H3,(H,20,21). The van der Waals surface area contributed by atoms with Crippen molar-refractivity contribution in [3.63, 3.8) is 0 Å². The highest BCUT2D eigenvalue weighted by Gasteiger charge is 2.22. The second-order valence-electron chi connectivity index (χ2n) is 6.59. The first-order chi connectivity index (χ1) is 9.97. The molecule has 0 saturated carbocycles. The summed E-state index contributed by atoms with van der Waals surface area (Å²) in [4.78, 5) is 12.3. The predicted molar refractivity (Wildman–Crippen MR) is 88.7 cm³/mol. The van der Waals surface area contributed by atoms with Crippen LogP contribution in [-0.2, 0) is 4.79 Å². The van der Waals surface area contributed by atoms with Crippen molar-refractivity contribution in [2.75, 3.05) is 18.4 Å². The maximum absolute atomic E-state index is 12.3. The van der Waals surface area contributed by atoms with E-state index in [1.54, 1.807) is 0 Å². The van der Waals surface area contributed by atoms with Crippen molar-refractivity contribution in [2.24, 2.45) is 11.8 Å². The summed E-state index contributed by atoms with van der Waals surface area (Å²) >= 11 is 0. The highest BCUT2D eigenvalue weighted by Crippen LogP contribution is 2.26. The number of nitrogens with one attached hydrogen (secondary N) is 2. The summed E-state index contributed by atoms with van der Waals surface area (Å²) in [5.74, 6) is 1.28. The molecule has 1 heterocycles. The van der Waals surface area contributed by atoms with Crippen LogP contribution in [0.3, 0.4) is 0 Å². The molecule has 0 bridgehead atoms. The molecule has 1 aliphatic rings. The fourth-order valence-corrected chi connectivity index (χ4v) is 3.44. The SMILES string of the molecule is Cc1cc(C)c(NC(=O)CC(C)C2CCNCC2)c(C)c1. The number of amides is 1. The molecule has 2 N–H and O–H groups in total. The third kappa shape index (κ3) is 4.31. The van der Waals surface area contributed by atoms with Crippen molar-refractivity contribution in [3.8, 4) is 0 Å². The average molecular weight is 288 g/mol. The van der Waals surface area contributed by atoms with Gasteiger partial charge in [-0.1, -0.05) is 24.6 Å². The summed E-state index contributed by atoms with van der Waals surface area (Å²) in [6.07, 6.45) is 3.01. The maximum atomic E-state index is 12.3. The van der Waals surface area contributed by atoms with Gasteiger partial charge < -0.3 is 10.6 Å². The highest BCUT2D eigenvalue weighted by atomic mass is 16.1. The van der Waals surface area contributed by atoms with Crippen LogP contribution < -0.4 is 10.6 Å². The number of rotatable bonds is 4. The van der Waals surface area contributed by atoms with Crippen molar-refractivity contribution >= 4 is 11.6 Å². The average Bonchev–Trinajstić information content (AvgIpc) is 2.43. The molecule has 21 heavy (non-hydrogen) atoms. The Bertz CT molecular complexity index is 481. The Morgan fingerprint density at radius 3 is 2.38 bits per heavy atom. The third-order valence-corrected chi connectivity index (χ3v) is 4.64. The molecular formula is C18H28N2O. The number of carbonyl (C=O) groups excluding carboxylic acids is 1. The largest absolute Gasteiger partial charge is 0.326 e. The molecule has 0 spiro atoms. The minimum Gasteiger partial charge on any atom is -0.326 e. The molecule has 3 heteroatoms. The molecule has 1 saturated heterocycles. The first-order valence-electron chi connectivity index (χ1n) is 8.05. The van der Waals surface area contributed by atoms with Crippen molar-refractivity contribution in [3.05, 3.63) is 28.8 Å². The number of piperidine rings is 1. The van der Waals surface area contributed by atoms with E-state index in [0.717, 1.165) is 29.9 Å². The van der Waals surface area contributed by atoms with Gasteiger partial charge in [-0.05, 0) is 69.7 Å². The Morgan fingerprint density at radius 1 is 1.24 bits per heavy atom. The van der Waals surface area contributed by atoms with E-state index >= 15 is 0 Å². The summed E-state index contributed by atoms with van der Waals surface area (Å²) in [6.45, 7) is 10.6. The molecule has 1 aromatic rings. The lowest BCUT2D eigenvalue weighted by Gasteiger charge is -2.28. The summed E-state index contributed by atoms with van der Waals surface area (Å²) in [7, 11) is 0. The lowest BCUT2D eigenvalue weighted by atomic mass is 9.84. The Kier molecular flexibility index (Phi) is 5.40. The second kappa shape index (κ2) is 7.08. The first-order valence-corrected chi connectivity index (χ1v) is 8.05. The third-order valence-electron chi connectivity index (χ3n) is 4.64. The molecule has 1 unspecified atom stereocenters. The van der Waals surface area contributed by atoms with E-state index in [1.807, 2.05) is 0 Å². The van der Waals surface area contributed by atoms with Gasteiger partial charge in [-0.25, -0.2) is 0 Å². The van der Waals surface area contributed by atoms with Gasteiger partial charge >= 0.3 is 0 Å². The van der Waals surface area contributed by atoms with Gasteiger partial charge in [-0.3, -0.25) is 4.79 Å². The van der Waals surface area contributed by atoms with E-state index in [-0.39, 0.29) is 5.91 Å². The van der Waals surface area contributed by atoms with E-state index < -0.39 is 0 Å². The maximum Gasteiger partial charge on any atom is 0.224 e. The number of hydrogen-bond acceptors (Lipinski definition) is 2. The Balaban J connectivity index is 1.95. The summed E-state index contributed by atoms with van der Waals surface area (Å²) in [5.41, 5.74) is 4.53. The first kappa shape index (κ1) is 16.0. The lowest BCUT2D eigenvalue weighted by molar-refractivity contribution is -0.117. The second-order valence-corrected chi connectivity index (χ2v) is 6.59. The van der Waals surface area contributed by atoms with Crippen LogP contribution in [0.4, 0.5) is 5.69 Å². The van der Waals surface area contributed by atoms with Gasteiger partial charge in [0.2, 0.25) is 5.91 Å².